The second-order valence-electron chi connectivity index (χ2n) is 6.89. The molecule has 2 fully saturated rings. The molecule has 2 saturated heterocycles. The number of carbonyl (C=O) groups excluding carboxylic acids is 1. The van der Waals surface area contributed by atoms with Crippen LogP contribution in [0.2, 0.25) is 0 Å². The summed E-state index contributed by atoms with van der Waals surface area (Å²) in [7, 11) is -1.46. The minimum Gasteiger partial charge on any atom is -0.345 e. The van der Waals surface area contributed by atoms with Crippen molar-refractivity contribution in [2.75, 3.05) is 46.0 Å². The third kappa shape index (κ3) is 3.20. The van der Waals surface area contributed by atoms with Crippen molar-refractivity contribution in [3.8, 4) is 0 Å². The molecule has 0 bridgehead atoms. The zero-order chi connectivity index (χ0) is 17.4. The summed E-state index contributed by atoms with van der Waals surface area (Å²) in [5.74, 6) is 0.0948. The second kappa shape index (κ2) is 6.45. The van der Waals surface area contributed by atoms with Crippen molar-refractivity contribution >= 4 is 15.9 Å². The van der Waals surface area contributed by atoms with Crippen LogP contribution in [0.4, 0.5) is 0 Å². The average molecular weight is 355 g/mol. The molecular weight excluding hydrogens is 330 g/mol. The molecule has 0 aromatic carbocycles. The average Bonchev–Trinajstić information content (AvgIpc) is 3.20. The van der Waals surface area contributed by atoms with Gasteiger partial charge in [0.2, 0.25) is 15.9 Å². The molecule has 3 heterocycles. The summed E-state index contributed by atoms with van der Waals surface area (Å²) in [6.07, 6.45) is 5.67. The molecule has 1 aromatic heterocycles. The highest BCUT2D eigenvalue weighted by molar-refractivity contribution is 7.88. The van der Waals surface area contributed by atoms with Gasteiger partial charge in [-0.15, -0.1) is 0 Å². The topological polar surface area (TPSA) is 87.5 Å². The van der Waals surface area contributed by atoms with Crippen molar-refractivity contribution in [2.45, 2.75) is 13.0 Å². The van der Waals surface area contributed by atoms with Crippen molar-refractivity contribution in [3.63, 3.8) is 0 Å². The fourth-order valence-corrected chi connectivity index (χ4v) is 4.73. The minimum absolute atomic E-state index is 0.0455. The molecule has 24 heavy (non-hydrogen) atoms. The van der Waals surface area contributed by atoms with Crippen LogP contribution in [0.5, 0.6) is 0 Å². The standard InChI is InChI=1S/C15H25N5O3S/c1-18(6-4-8-19-7-3-5-17-19)14(21)15-11-16-9-13(15)10-20(12-15)24(2,22)23/h3,5,7,13,16H,4,6,8-12H2,1-2H3/t13-,15-/m0/s1. The summed E-state index contributed by atoms with van der Waals surface area (Å²) in [5, 5.41) is 7.42. The molecule has 2 atom stereocenters. The van der Waals surface area contributed by atoms with E-state index in [1.807, 2.05) is 16.9 Å². The molecule has 1 N–H and O–H groups in total. The van der Waals surface area contributed by atoms with E-state index >= 15 is 0 Å². The van der Waals surface area contributed by atoms with E-state index in [1.54, 1.807) is 18.1 Å². The van der Waals surface area contributed by atoms with Gasteiger partial charge in [0.05, 0.1) is 11.7 Å². The maximum absolute atomic E-state index is 13.1. The van der Waals surface area contributed by atoms with Crippen LogP contribution in [0, 0.1) is 11.3 Å². The van der Waals surface area contributed by atoms with E-state index in [4.69, 9.17) is 0 Å². The summed E-state index contributed by atoms with van der Waals surface area (Å²) in [6.45, 7) is 3.34. The second-order valence-corrected chi connectivity index (χ2v) is 8.87. The van der Waals surface area contributed by atoms with Gasteiger partial charge in [0.1, 0.15) is 0 Å². The largest absolute Gasteiger partial charge is 0.345 e. The third-order valence-electron chi connectivity index (χ3n) is 5.18. The highest BCUT2D eigenvalue weighted by Gasteiger charge is 2.57. The molecule has 0 aliphatic carbocycles. The smallest absolute Gasteiger partial charge is 0.231 e. The van der Waals surface area contributed by atoms with Crippen LogP contribution >= 0.6 is 0 Å². The zero-order valence-electron chi connectivity index (χ0n) is 14.2. The maximum atomic E-state index is 13.1. The first-order valence-electron chi connectivity index (χ1n) is 8.22. The lowest BCUT2D eigenvalue weighted by molar-refractivity contribution is -0.140. The maximum Gasteiger partial charge on any atom is 0.231 e. The van der Waals surface area contributed by atoms with E-state index in [0.717, 1.165) is 13.0 Å². The molecule has 1 aromatic rings. The molecule has 2 aliphatic heterocycles. The summed E-state index contributed by atoms with van der Waals surface area (Å²) in [5.41, 5.74) is -0.621. The first kappa shape index (κ1) is 17.4. The first-order valence-corrected chi connectivity index (χ1v) is 10.1. The van der Waals surface area contributed by atoms with Crippen molar-refractivity contribution in [2.24, 2.45) is 11.3 Å². The van der Waals surface area contributed by atoms with Crippen molar-refractivity contribution in [3.05, 3.63) is 18.5 Å². The molecule has 3 rings (SSSR count). The van der Waals surface area contributed by atoms with Crippen molar-refractivity contribution in [1.82, 2.24) is 24.3 Å². The van der Waals surface area contributed by atoms with Crippen LogP contribution < -0.4 is 5.32 Å². The SMILES string of the molecule is CN(CCCn1cccn1)C(=O)[C@]12CNC[C@H]1CN(S(C)(=O)=O)C2. The summed E-state index contributed by atoms with van der Waals surface area (Å²) in [4.78, 5) is 14.8. The summed E-state index contributed by atoms with van der Waals surface area (Å²) < 4.78 is 27.0. The predicted octanol–water partition coefficient (Wildman–Crippen LogP) is -0.787. The molecule has 0 spiro atoms. The Labute approximate surface area is 142 Å². The molecule has 0 unspecified atom stereocenters. The summed E-state index contributed by atoms with van der Waals surface area (Å²) in [6, 6.07) is 1.88. The van der Waals surface area contributed by atoms with Gasteiger partial charge in [-0.25, -0.2) is 12.7 Å². The number of carbonyl (C=O) groups is 1. The Morgan fingerprint density at radius 1 is 1.50 bits per heavy atom. The third-order valence-corrected chi connectivity index (χ3v) is 6.39. The quantitative estimate of drug-likeness (QED) is 0.723. The molecule has 1 amide bonds. The Morgan fingerprint density at radius 3 is 2.96 bits per heavy atom. The van der Waals surface area contributed by atoms with Crippen LogP contribution in [0.1, 0.15) is 6.42 Å². The van der Waals surface area contributed by atoms with E-state index in [9.17, 15) is 13.2 Å². The first-order chi connectivity index (χ1) is 11.3. The number of aromatic nitrogens is 2. The Morgan fingerprint density at radius 2 is 2.29 bits per heavy atom. The van der Waals surface area contributed by atoms with E-state index < -0.39 is 15.4 Å². The van der Waals surface area contributed by atoms with Crippen LogP contribution in [-0.4, -0.2) is 79.3 Å². The van der Waals surface area contributed by atoms with Gasteiger partial charge in [0.25, 0.3) is 0 Å². The number of nitrogens with one attached hydrogen (secondary N) is 1. The molecule has 134 valence electrons. The Bertz CT molecular complexity index is 690. The highest BCUT2D eigenvalue weighted by atomic mass is 32.2. The molecule has 0 radical (unpaired) electrons. The number of amides is 1. The number of hydrogen-bond donors (Lipinski definition) is 1. The lowest BCUT2D eigenvalue weighted by Gasteiger charge is -2.31. The van der Waals surface area contributed by atoms with Crippen molar-refractivity contribution in [1.29, 1.82) is 0 Å². The van der Waals surface area contributed by atoms with E-state index in [0.29, 0.717) is 26.2 Å². The van der Waals surface area contributed by atoms with Crippen molar-refractivity contribution < 1.29 is 13.2 Å². The van der Waals surface area contributed by atoms with Crippen LogP contribution in [-0.2, 0) is 21.4 Å². The van der Waals surface area contributed by atoms with E-state index in [1.165, 1.54) is 10.6 Å². The van der Waals surface area contributed by atoms with Crippen LogP contribution in [0.15, 0.2) is 18.5 Å². The molecule has 0 saturated carbocycles. The fraction of sp³-hybridized carbons (Fsp3) is 0.733. The number of nitrogens with zero attached hydrogens (tertiary/aromatic N) is 4. The fourth-order valence-electron chi connectivity index (χ4n) is 3.81. The van der Waals surface area contributed by atoms with Gasteiger partial charge in [0.15, 0.2) is 0 Å². The molecule has 2 aliphatic rings. The van der Waals surface area contributed by atoms with E-state index in [2.05, 4.69) is 10.4 Å². The number of hydrogen-bond acceptors (Lipinski definition) is 5. The number of sulfonamides is 1. The predicted molar refractivity (Wildman–Crippen MR) is 89.7 cm³/mol. The van der Waals surface area contributed by atoms with Crippen LogP contribution in [0.3, 0.4) is 0 Å². The van der Waals surface area contributed by atoms with Gasteiger partial charge in [-0.2, -0.15) is 5.10 Å². The molecule has 9 heteroatoms. The highest BCUT2D eigenvalue weighted by Crippen LogP contribution is 2.41. The van der Waals surface area contributed by atoms with Gasteiger partial charge < -0.3 is 10.2 Å². The lowest BCUT2D eigenvalue weighted by Crippen LogP contribution is -2.48. The minimum atomic E-state index is -3.27. The lowest BCUT2D eigenvalue weighted by atomic mass is 9.79. The Kier molecular flexibility index (Phi) is 4.67. The number of aryl methyl sites for hydroxylation is 1. The monoisotopic (exact) mass is 355 g/mol. The van der Waals surface area contributed by atoms with Gasteiger partial charge in [-0.1, -0.05) is 0 Å². The Hall–Kier alpha value is -1.45. The normalized spacial score (nSPS) is 27.3. The summed E-state index contributed by atoms with van der Waals surface area (Å²) >= 11 is 0. The molecular formula is C15H25N5O3S. The number of rotatable bonds is 6. The van der Waals surface area contributed by atoms with Gasteiger partial charge >= 0.3 is 0 Å². The Balaban J connectivity index is 1.63. The van der Waals surface area contributed by atoms with Crippen LogP contribution in [0.25, 0.3) is 0 Å². The molecule has 8 nitrogen and oxygen atoms in total. The van der Waals surface area contributed by atoms with E-state index in [-0.39, 0.29) is 18.4 Å². The number of fused-ring (bicyclic) bond motifs is 1. The van der Waals surface area contributed by atoms with Gasteiger partial charge in [0, 0.05) is 64.6 Å². The van der Waals surface area contributed by atoms with Gasteiger partial charge in [-0.3, -0.25) is 9.48 Å². The zero-order valence-corrected chi connectivity index (χ0v) is 15.0. The van der Waals surface area contributed by atoms with Gasteiger partial charge in [-0.05, 0) is 12.5 Å².